The van der Waals surface area contributed by atoms with Crippen molar-refractivity contribution in [3.05, 3.63) is 33.3 Å². The third kappa shape index (κ3) is 2.64. The van der Waals surface area contributed by atoms with Gasteiger partial charge in [-0.25, -0.2) is 0 Å². The molecule has 1 aromatic rings. The standard InChI is InChI=1S/C12H13BrClNO2/c1-7-4-9(16)6-15(7)12(17)8-2-3-10(13)11(14)5-8/h2-3,5,7,9,16H,4,6H2,1H3/t7-,9+/m0/s1. The molecule has 1 aliphatic heterocycles. The maximum absolute atomic E-state index is 12.2. The summed E-state index contributed by atoms with van der Waals surface area (Å²) in [5, 5.41) is 10.1. The molecule has 0 spiro atoms. The van der Waals surface area contributed by atoms with Crippen LogP contribution in [0.25, 0.3) is 0 Å². The summed E-state index contributed by atoms with van der Waals surface area (Å²) in [6, 6.07) is 5.20. The van der Waals surface area contributed by atoms with Gasteiger partial charge in [-0.1, -0.05) is 11.6 Å². The first kappa shape index (κ1) is 12.9. The molecule has 1 saturated heterocycles. The first-order valence-electron chi connectivity index (χ1n) is 5.43. The molecule has 0 saturated carbocycles. The number of β-amino-alcohol motifs (C(OH)–C–C–N with tert-alkyl or cyclic N) is 1. The van der Waals surface area contributed by atoms with Gasteiger partial charge in [-0.05, 0) is 47.5 Å². The fourth-order valence-corrected chi connectivity index (χ4v) is 2.51. The Balaban J connectivity index is 2.22. The van der Waals surface area contributed by atoms with Crippen LogP contribution in [-0.2, 0) is 0 Å². The minimum atomic E-state index is -0.417. The average molecular weight is 319 g/mol. The first-order chi connectivity index (χ1) is 7.99. The summed E-state index contributed by atoms with van der Waals surface area (Å²) in [6.45, 7) is 2.34. The SMILES string of the molecule is C[C@H]1C[C@@H](O)CN1C(=O)c1ccc(Br)c(Cl)c1. The number of aliphatic hydroxyl groups excluding tert-OH is 1. The maximum atomic E-state index is 12.2. The molecule has 0 aliphatic carbocycles. The van der Waals surface area contributed by atoms with Gasteiger partial charge in [0.15, 0.2) is 0 Å². The smallest absolute Gasteiger partial charge is 0.254 e. The van der Waals surface area contributed by atoms with Crippen molar-refractivity contribution in [3.8, 4) is 0 Å². The van der Waals surface area contributed by atoms with Crippen molar-refractivity contribution in [2.75, 3.05) is 6.54 Å². The van der Waals surface area contributed by atoms with E-state index in [2.05, 4.69) is 15.9 Å². The lowest BCUT2D eigenvalue weighted by Crippen LogP contribution is -2.34. The molecule has 0 radical (unpaired) electrons. The number of aliphatic hydroxyl groups is 1. The molecular weight excluding hydrogens is 305 g/mol. The molecule has 1 aliphatic rings. The summed E-state index contributed by atoms with van der Waals surface area (Å²) >= 11 is 9.25. The van der Waals surface area contributed by atoms with Crippen LogP contribution in [0.4, 0.5) is 0 Å². The molecular formula is C12H13BrClNO2. The van der Waals surface area contributed by atoms with Gasteiger partial charge in [0.1, 0.15) is 0 Å². The van der Waals surface area contributed by atoms with E-state index in [1.807, 2.05) is 6.92 Å². The van der Waals surface area contributed by atoms with Crippen LogP contribution in [0, 0.1) is 0 Å². The van der Waals surface area contributed by atoms with Crippen LogP contribution in [0.5, 0.6) is 0 Å². The highest BCUT2D eigenvalue weighted by Gasteiger charge is 2.31. The van der Waals surface area contributed by atoms with Crippen LogP contribution in [0.15, 0.2) is 22.7 Å². The number of nitrogens with zero attached hydrogens (tertiary/aromatic N) is 1. The Labute approximate surface area is 114 Å². The van der Waals surface area contributed by atoms with Crippen molar-refractivity contribution in [1.82, 2.24) is 4.90 Å². The van der Waals surface area contributed by atoms with E-state index < -0.39 is 6.10 Å². The van der Waals surface area contributed by atoms with Crippen LogP contribution in [0.2, 0.25) is 5.02 Å². The second kappa shape index (κ2) is 4.96. The van der Waals surface area contributed by atoms with Crippen molar-refractivity contribution >= 4 is 33.4 Å². The maximum Gasteiger partial charge on any atom is 0.254 e. The van der Waals surface area contributed by atoms with Crippen LogP contribution >= 0.6 is 27.5 Å². The van der Waals surface area contributed by atoms with Crippen LogP contribution in [0.1, 0.15) is 23.7 Å². The van der Waals surface area contributed by atoms with Crippen LogP contribution in [-0.4, -0.2) is 34.6 Å². The van der Waals surface area contributed by atoms with Crippen molar-refractivity contribution in [1.29, 1.82) is 0 Å². The molecule has 17 heavy (non-hydrogen) atoms. The minimum absolute atomic E-state index is 0.0694. The lowest BCUT2D eigenvalue weighted by atomic mass is 10.2. The van der Waals surface area contributed by atoms with Gasteiger partial charge in [-0.3, -0.25) is 4.79 Å². The monoisotopic (exact) mass is 317 g/mol. The Morgan fingerprint density at radius 2 is 2.29 bits per heavy atom. The van der Waals surface area contributed by atoms with Gasteiger partial charge in [-0.2, -0.15) is 0 Å². The van der Waals surface area contributed by atoms with Gasteiger partial charge in [0, 0.05) is 22.6 Å². The zero-order valence-corrected chi connectivity index (χ0v) is 11.7. The lowest BCUT2D eigenvalue weighted by Gasteiger charge is -2.21. The fourth-order valence-electron chi connectivity index (χ4n) is 2.08. The van der Waals surface area contributed by atoms with E-state index in [0.29, 0.717) is 23.6 Å². The number of carbonyl (C=O) groups is 1. The van der Waals surface area contributed by atoms with E-state index in [1.165, 1.54) is 0 Å². The molecule has 0 aromatic heterocycles. The minimum Gasteiger partial charge on any atom is -0.391 e. The zero-order chi connectivity index (χ0) is 12.6. The molecule has 1 fully saturated rings. The Kier molecular flexibility index (Phi) is 3.76. The summed E-state index contributed by atoms with van der Waals surface area (Å²) < 4.78 is 0.769. The molecule has 1 N–H and O–H groups in total. The largest absolute Gasteiger partial charge is 0.391 e. The van der Waals surface area contributed by atoms with Crippen molar-refractivity contribution in [2.24, 2.45) is 0 Å². The van der Waals surface area contributed by atoms with Gasteiger partial charge in [0.25, 0.3) is 5.91 Å². The second-order valence-electron chi connectivity index (χ2n) is 4.32. The summed E-state index contributed by atoms with van der Waals surface area (Å²) in [5.41, 5.74) is 0.555. The summed E-state index contributed by atoms with van der Waals surface area (Å²) in [6.07, 6.45) is 0.218. The highest BCUT2D eigenvalue weighted by atomic mass is 79.9. The molecule has 2 atom stereocenters. The van der Waals surface area contributed by atoms with Crippen molar-refractivity contribution in [2.45, 2.75) is 25.5 Å². The second-order valence-corrected chi connectivity index (χ2v) is 5.59. The molecule has 0 bridgehead atoms. The number of amides is 1. The third-order valence-corrected chi connectivity index (χ3v) is 4.21. The molecule has 1 amide bonds. The highest BCUT2D eigenvalue weighted by molar-refractivity contribution is 9.10. The van der Waals surface area contributed by atoms with Gasteiger partial charge >= 0.3 is 0 Å². The average Bonchev–Trinajstić information content (AvgIpc) is 2.61. The van der Waals surface area contributed by atoms with Gasteiger partial charge in [-0.15, -0.1) is 0 Å². The summed E-state index contributed by atoms with van der Waals surface area (Å²) in [5.74, 6) is -0.0801. The number of hydrogen-bond donors (Lipinski definition) is 1. The first-order valence-corrected chi connectivity index (χ1v) is 6.60. The number of halogens is 2. The topological polar surface area (TPSA) is 40.5 Å². The normalized spacial score (nSPS) is 24.1. The fraction of sp³-hybridized carbons (Fsp3) is 0.417. The van der Waals surface area contributed by atoms with E-state index >= 15 is 0 Å². The Morgan fingerprint density at radius 1 is 1.59 bits per heavy atom. The van der Waals surface area contributed by atoms with Gasteiger partial charge in [0.2, 0.25) is 0 Å². The number of likely N-dealkylation sites (tertiary alicyclic amines) is 1. The molecule has 1 heterocycles. The summed E-state index contributed by atoms with van der Waals surface area (Å²) in [7, 11) is 0. The van der Waals surface area contributed by atoms with Crippen LogP contribution in [0.3, 0.4) is 0 Å². The zero-order valence-electron chi connectivity index (χ0n) is 9.36. The van der Waals surface area contributed by atoms with Gasteiger partial charge < -0.3 is 10.0 Å². The Bertz CT molecular complexity index is 452. The lowest BCUT2D eigenvalue weighted by molar-refractivity contribution is 0.0726. The number of rotatable bonds is 1. The summed E-state index contributed by atoms with van der Waals surface area (Å²) in [4.78, 5) is 13.9. The Morgan fingerprint density at radius 3 is 2.82 bits per heavy atom. The highest BCUT2D eigenvalue weighted by Crippen LogP contribution is 2.26. The number of carbonyl (C=O) groups excluding carboxylic acids is 1. The Hall–Kier alpha value is -0.580. The molecule has 92 valence electrons. The molecule has 5 heteroatoms. The van der Waals surface area contributed by atoms with Gasteiger partial charge in [0.05, 0.1) is 11.1 Å². The van der Waals surface area contributed by atoms with Crippen molar-refractivity contribution < 1.29 is 9.90 Å². The number of hydrogen-bond acceptors (Lipinski definition) is 2. The van der Waals surface area contributed by atoms with E-state index in [1.54, 1.807) is 23.1 Å². The quantitative estimate of drug-likeness (QED) is 0.865. The molecule has 3 nitrogen and oxygen atoms in total. The molecule has 0 unspecified atom stereocenters. The van der Waals surface area contributed by atoms with E-state index in [4.69, 9.17) is 11.6 Å². The van der Waals surface area contributed by atoms with Crippen molar-refractivity contribution in [3.63, 3.8) is 0 Å². The molecule has 1 aromatic carbocycles. The van der Waals surface area contributed by atoms with Crippen LogP contribution < -0.4 is 0 Å². The third-order valence-electron chi connectivity index (χ3n) is 2.98. The van der Waals surface area contributed by atoms with E-state index in [0.717, 1.165) is 4.47 Å². The van der Waals surface area contributed by atoms with E-state index in [9.17, 15) is 9.90 Å². The predicted molar refractivity (Wildman–Crippen MR) is 70.3 cm³/mol. The molecule has 2 rings (SSSR count). The number of benzene rings is 1. The predicted octanol–water partition coefficient (Wildman–Crippen LogP) is 2.70. The van der Waals surface area contributed by atoms with E-state index in [-0.39, 0.29) is 11.9 Å².